The predicted octanol–water partition coefficient (Wildman–Crippen LogP) is 5.07. The molecule has 0 saturated carbocycles. The van der Waals surface area contributed by atoms with Crippen molar-refractivity contribution in [2.75, 3.05) is 19.6 Å². The highest BCUT2D eigenvalue weighted by Crippen LogP contribution is 2.24. The molecule has 34 heavy (non-hydrogen) atoms. The number of nitrogens with zero attached hydrogens (tertiary/aromatic N) is 3. The second kappa shape index (κ2) is 9.48. The molecule has 0 atom stereocenters. The van der Waals surface area contributed by atoms with Crippen LogP contribution in [0.4, 0.5) is 0 Å². The monoisotopic (exact) mass is 498 g/mol. The number of halogens is 2. The van der Waals surface area contributed by atoms with Crippen molar-refractivity contribution in [1.29, 1.82) is 0 Å². The van der Waals surface area contributed by atoms with Crippen LogP contribution in [0, 0.1) is 5.92 Å². The van der Waals surface area contributed by atoms with Gasteiger partial charge in [0, 0.05) is 40.6 Å². The maximum atomic E-state index is 12.8. The van der Waals surface area contributed by atoms with Gasteiger partial charge in [-0.3, -0.25) is 9.59 Å². The molecule has 1 aliphatic rings. The molecule has 1 aliphatic heterocycles. The summed E-state index contributed by atoms with van der Waals surface area (Å²) in [5.74, 6) is 0.159. The number of carbonyl (C=O) groups is 2. The number of carbonyl (C=O) groups excluding carboxylic acids is 2. The van der Waals surface area contributed by atoms with Gasteiger partial charge in [-0.15, -0.1) is 10.2 Å². The minimum absolute atomic E-state index is 0.0401. The lowest BCUT2D eigenvalue weighted by atomic mass is 9.96. The quantitative estimate of drug-likeness (QED) is 0.412. The molecule has 5 rings (SSSR count). The lowest BCUT2D eigenvalue weighted by Gasteiger charge is -2.31. The molecule has 0 aliphatic carbocycles. The molecule has 4 aromatic rings. The summed E-state index contributed by atoms with van der Waals surface area (Å²) in [6.45, 7) is 1.59. The van der Waals surface area contributed by atoms with Gasteiger partial charge < -0.3 is 19.1 Å². The molecule has 2 aromatic heterocycles. The van der Waals surface area contributed by atoms with Crippen molar-refractivity contribution in [3.63, 3.8) is 0 Å². The minimum Gasteiger partial charge on any atom is -0.451 e. The first-order valence-electron chi connectivity index (χ1n) is 10.8. The van der Waals surface area contributed by atoms with Gasteiger partial charge in [0.2, 0.25) is 5.89 Å². The van der Waals surface area contributed by atoms with Crippen molar-refractivity contribution < 1.29 is 18.4 Å². The number of fused-ring (bicyclic) bond motifs is 1. The second-order valence-electron chi connectivity index (χ2n) is 8.16. The molecule has 10 heteroatoms. The van der Waals surface area contributed by atoms with Gasteiger partial charge in [0.15, 0.2) is 5.76 Å². The van der Waals surface area contributed by atoms with Crippen molar-refractivity contribution in [2.45, 2.75) is 12.8 Å². The van der Waals surface area contributed by atoms with Crippen molar-refractivity contribution in [3.05, 3.63) is 70.2 Å². The fraction of sp³-hybridized carbons (Fsp3) is 0.250. The van der Waals surface area contributed by atoms with E-state index in [1.807, 2.05) is 0 Å². The Labute approximate surface area is 204 Å². The van der Waals surface area contributed by atoms with E-state index in [0.717, 1.165) is 18.2 Å². The zero-order chi connectivity index (χ0) is 23.7. The Morgan fingerprint density at radius 3 is 2.47 bits per heavy atom. The number of nitrogens with one attached hydrogen (secondary N) is 1. The van der Waals surface area contributed by atoms with E-state index in [0.29, 0.717) is 40.8 Å². The van der Waals surface area contributed by atoms with Crippen molar-refractivity contribution in [2.24, 2.45) is 5.92 Å². The number of hydrogen-bond donors (Lipinski definition) is 1. The van der Waals surface area contributed by atoms with Gasteiger partial charge in [0.1, 0.15) is 5.58 Å². The fourth-order valence-electron chi connectivity index (χ4n) is 3.94. The van der Waals surface area contributed by atoms with Crippen molar-refractivity contribution in [3.8, 4) is 11.5 Å². The smallest absolute Gasteiger partial charge is 0.311 e. The average Bonchev–Trinajstić information content (AvgIpc) is 3.50. The Morgan fingerprint density at radius 2 is 1.71 bits per heavy atom. The second-order valence-corrected chi connectivity index (χ2v) is 9.03. The molecule has 1 fully saturated rings. The summed E-state index contributed by atoms with van der Waals surface area (Å²) >= 11 is 11.9. The highest BCUT2D eigenvalue weighted by Gasteiger charge is 2.27. The normalized spacial score (nSPS) is 14.5. The Kier molecular flexibility index (Phi) is 6.26. The first-order valence-corrected chi connectivity index (χ1v) is 11.6. The van der Waals surface area contributed by atoms with Gasteiger partial charge >= 0.3 is 11.8 Å². The fourth-order valence-corrected chi connectivity index (χ4v) is 4.25. The van der Waals surface area contributed by atoms with Crippen LogP contribution in [0.1, 0.15) is 34.1 Å². The van der Waals surface area contributed by atoms with E-state index >= 15 is 0 Å². The summed E-state index contributed by atoms with van der Waals surface area (Å²) in [5.41, 5.74) is 1.31. The van der Waals surface area contributed by atoms with Crippen LogP contribution in [0.5, 0.6) is 0 Å². The summed E-state index contributed by atoms with van der Waals surface area (Å²) in [6.07, 6.45) is 1.50. The molecule has 0 spiro atoms. The van der Waals surface area contributed by atoms with Gasteiger partial charge in [0.25, 0.3) is 5.91 Å². The van der Waals surface area contributed by atoms with E-state index in [2.05, 4.69) is 15.5 Å². The van der Waals surface area contributed by atoms with Crippen molar-refractivity contribution >= 4 is 46.0 Å². The van der Waals surface area contributed by atoms with Gasteiger partial charge in [-0.2, -0.15) is 0 Å². The number of hydrogen-bond acceptors (Lipinski definition) is 6. The molecular weight excluding hydrogens is 479 g/mol. The number of piperidine rings is 1. The standard InChI is InChI=1S/C24H20Cl2N4O4/c25-17-3-1-15(2-4-17)22-28-29-23(34-22)24(32)30-9-7-14(8-10-30)13-27-21(31)20-12-16-11-18(26)5-6-19(16)33-20/h1-6,11-12,14H,7-10,13H2,(H,27,31). The van der Waals surface area contributed by atoms with Crippen LogP contribution in [-0.2, 0) is 0 Å². The number of aromatic nitrogens is 2. The largest absolute Gasteiger partial charge is 0.451 e. The Bertz CT molecular complexity index is 1340. The van der Waals surface area contributed by atoms with Gasteiger partial charge in [-0.1, -0.05) is 23.2 Å². The number of rotatable bonds is 5. The summed E-state index contributed by atoms with van der Waals surface area (Å²) < 4.78 is 11.2. The molecular formula is C24H20Cl2N4O4. The molecule has 174 valence electrons. The summed E-state index contributed by atoms with van der Waals surface area (Å²) in [5, 5.41) is 12.8. The third-order valence-corrected chi connectivity index (χ3v) is 6.34. The van der Waals surface area contributed by atoms with Crippen LogP contribution in [0.15, 0.2) is 57.4 Å². The minimum atomic E-state index is -0.295. The maximum Gasteiger partial charge on any atom is 0.311 e. The summed E-state index contributed by atoms with van der Waals surface area (Å²) in [7, 11) is 0. The van der Waals surface area contributed by atoms with E-state index < -0.39 is 0 Å². The maximum absolute atomic E-state index is 12.8. The van der Waals surface area contributed by atoms with E-state index in [1.165, 1.54) is 0 Å². The molecule has 1 saturated heterocycles. The van der Waals surface area contributed by atoms with Crippen LogP contribution in [0.3, 0.4) is 0 Å². The lowest BCUT2D eigenvalue weighted by Crippen LogP contribution is -2.41. The van der Waals surface area contributed by atoms with E-state index in [1.54, 1.807) is 53.4 Å². The molecule has 8 nitrogen and oxygen atoms in total. The van der Waals surface area contributed by atoms with Crippen LogP contribution in [0.2, 0.25) is 10.0 Å². The van der Waals surface area contributed by atoms with Crippen LogP contribution in [-0.4, -0.2) is 46.5 Å². The molecule has 0 unspecified atom stereocenters. The van der Waals surface area contributed by atoms with Gasteiger partial charge in [-0.25, -0.2) is 0 Å². The Balaban J connectivity index is 1.13. The SMILES string of the molecule is O=C(NCC1CCN(C(=O)c2nnc(-c3ccc(Cl)cc3)o2)CC1)c1cc2cc(Cl)ccc2o1. The van der Waals surface area contributed by atoms with Crippen LogP contribution >= 0.6 is 23.2 Å². The van der Waals surface area contributed by atoms with Gasteiger partial charge in [-0.05, 0) is 67.3 Å². The van der Waals surface area contributed by atoms with E-state index in [9.17, 15) is 9.59 Å². The van der Waals surface area contributed by atoms with E-state index in [-0.39, 0.29) is 35.3 Å². The van der Waals surface area contributed by atoms with Crippen molar-refractivity contribution in [1.82, 2.24) is 20.4 Å². The third kappa shape index (κ3) is 4.78. The zero-order valence-electron chi connectivity index (χ0n) is 18.0. The Morgan fingerprint density at radius 1 is 0.971 bits per heavy atom. The van der Waals surface area contributed by atoms with Crippen LogP contribution in [0.25, 0.3) is 22.4 Å². The Hall–Kier alpha value is -3.36. The highest BCUT2D eigenvalue weighted by molar-refractivity contribution is 6.31. The first kappa shape index (κ1) is 22.4. The number of furan rings is 1. The molecule has 0 bridgehead atoms. The molecule has 2 aromatic carbocycles. The molecule has 2 amide bonds. The third-order valence-electron chi connectivity index (χ3n) is 5.85. The summed E-state index contributed by atoms with van der Waals surface area (Å²) in [4.78, 5) is 27.0. The summed E-state index contributed by atoms with van der Waals surface area (Å²) in [6, 6.07) is 13.8. The highest BCUT2D eigenvalue weighted by atomic mass is 35.5. The lowest BCUT2D eigenvalue weighted by molar-refractivity contribution is 0.0645. The van der Waals surface area contributed by atoms with E-state index in [4.69, 9.17) is 32.0 Å². The first-order chi connectivity index (χ1) is 16.5. The molecule has 0 radical (unpaired) electrons. The van der Waals surface area contributed by atoms with Crippen LogP contribution < -0.4 is 5.32 Å². The van der Waals surface area contributed by atoms with Gasteiger partial charge in [0.05, 0.1) is 0 Å². The number of benzene rings is 2. The molecule has 3 heterocycles. The molecule has 1 N–H and O–H groups in total. The number of amides is 2. The predicted molar refractivity (Wildman–Crippen MR) is 127 cm³/mol. The topological polar surface area (TPSA) is 101 Å². The average molecular weight is 499 g/mol. The zero-order valence-corrected chi connectivity index (χ0v) is 19.5. The number of likely N-dealkylation sites (tertiary alicyclic amines) is 1.